The van der Waals surface area contributed by atoms with Crippen LogP contribution in [0.2, 0.25) is 5.02 Å². The van der Waals surface area contributed by atoms with Gasteiger partial charge >= 0.3 is 0 Å². The number of halogens is 3. The van der Waals surface area contributed by atoms with E-state index in [1.165, 1.54) is 12.1 Å². The highest BCUT2D eigenvalue weighted by Gasteiger charge is 2.10. The number of rotatable bonds is 3. The first-order valence-electron chi connectivity index (χ1n) is 5.51. The van der Waals surface area contributed by atoms with Crippen molar-refractivity contribution >= 4 is 34.2 Å². The van der Waals surface area contributed by atoms with E-state index < -0.39 is 0 Å². The molecule has 18 heavy (non-hydrogen) atoms. The summed E-state index contributed by atoms with van der Waals surface area (Å²) in [5.41, 5.74) is 7.63. The Bertz CT molecular complexity index is 542. The summed E-state index contributed by atoms with van der Waals surface area (Å²) in [5.74, 6) is -0.264. The van der Waals surface area contributed by atoms with Crippen molar-refractivity contribution in [3.63, 3.8) is 0 Å². The fourth-order valence-electron chi connectivity index (χ4n) is 1.76. The van der Waals surface area contributed by atoms with Crippen LogP contribution in [0.25, 0.3) is 0 Å². The molecule has 0 amide bonds. The van der Waals surface area contributed by atoms with E-state index in [0.717, 1.165) is 9.13 Å². The van der Waals surface area contributed by atoms with Crippen LogP contribution in [-0.4, -0.2) is 0 Å². The van der Waals surface area contributed by atoms with Crippen molar-refractivity contribution in [3.05, 3.63) is 68.0 Å². The van der Waals surface area contributed by atoms with Gasteiger partial charge in [-0.25, -0.2) is 4.39 Å². The number of hydrogen-bond donors (Lipinski definition) is 1. The van der Waals surface area contributed by atoms with Crippen LogP contribution in [0.15, 0.2) is 42.5 Å². The Labute approximate surface area is 124 Å². The van der Waals surface area contributed by atoms with Gasteiger partial charge in [0.2, 0.25) is 0 Å². The van der Waals surface area contributed by atoms with Gasteiger partial charge in [-0.05, 0) is 70.5 Å². The van der Waals surface area contributed by atoms with Crippen molar-refractivity contribution in [2.24, 2.45) is 5.73 Å². The molecule has 1 unspecified atom stereocenters. The first kappa shape index (κ1) is 13.8. The predicted octanol–water partition coefficient (Wildman–Crippen LogP) is 4.33. The van der Waals surface area contributed by atoms with Gasteiger partial charge in [0.25, 0.3) is 0 Å². The minimum atomic E-state index is -0.264. The highest BCUT2D eigenvalue weighted by Crippen LogP contribution is 2.21. The number of hydrogen-bond acceptors (Lipinski definition) is 1. The lowest BCUT2D eigenvalue weighted by atomic mass is 9.99. The third-order valence-electron chi connectivity index (χ3n) is 2.75. The molecule has 0 aliphatic carbocycles. The van der Waals surface area contributed by atoms with Gasteiger partial charge in [-0.15, -0.1) is 0 Å². The third kappa shape index (κ3) is 3.43. The molecule has 2 aromatic rings. The van der Waals surface area contributed by atoms with Crippen molar-refractivity contribution in [1.82, 2.24) is 0 Å². The van der Waals surface area contributed by atoms with E-state index in [1.54, 1.807) is 6.07 Å². The first-order valence-corrected chi connectivity index (χ1v) is 6.97. The van der Waals surface area contributed by atoms with Gasteiger partial charge < -0.3 is 5.73 Å². The van der Waals surface area contributed by atoms with Crippen molar-refractivity contribution in [2.45, 2.75) is 12.5 Å². The summed E-state index contributed by atoms with van der Waals surface area (Å²) < 4.78 is 14.7. The summed E-state index contributed by atoms with van der Waals surface area (Å²) in [6, 6.07) is 12.2. The summed E-state index contributed by atoms with van der Waals surface area (Å²) in [4.78, 5) is 0. The van der Waals surface area contributed by atoms with Crippen LogP contribution in [0.1, 0.15) is 17.2 Å². The molecule has 0 saturated heterocycles. The molecule has 0 fully saturated rings. The van der Waals surface area contributed by atoms with Gasteiger partial charge in [0.15, 0.2) is 0 Å². The molecule has 0 aromatic heterocycles. The molecule has 0 radical (unpaired) electrons. The van der Waals surface area contributed by atoms with E-state index in [0.29, 0.717) is 17.0 Å². The highest BCUT2D eigenvalue weighted by atomic mass is 127. The van der Waals surface area contributed by atoms with Gasteiger partial charge in [0.05, 0.1) is 0 Å². The molecule has 1 nitrogen and oxygen atoms in total. The quantitative estimate of drug-likeness (QED) is 0.794. The second-order valence-corrected chi connectivity index (χ2v) is 5.78. The van der Waals surface area contributed by atoms with Gasteiger partial charge in [0.1, 0.15) is 5.82 Å². The minimum Gasteiger partial charge on any atom is -0.324 e. The fourth-order valence-corrected chi connectivity index (χ4v) is 2.32. The molecule has 2 rings (SSSR count). The van der Waals surface area contributed by atoms with E-state index >= 15 is 0 Å². The molecule has 0 aliphatic heterocycles. The van der Waals surface area contributed by atoms with Crippen LogP contribution in [0.4, 0.5) is 4.39 Å². The van der Waals surface area contributed by atoms with E-state index in [-0.39, 0.29) is 11.9 Å². The molecule has 0 spiro atoms. The normalized spacial score (nSPS) is 12.4. The molecule has 0 saturated carbocycles. The summed E-state index contributed by atoms with van der Waals surface area (Å²) in [6.07, 6.45) is 0.437. The molecule has 2 aromatic carbocycles. The summed E-state index contributed by atoms with van der Waals surface area (Å²) in [7, 11) is 0. The molecule has 0 bridgehead atoms. The van der Waals surface area contributed by atoms with Gasteiger partial charge in [-0.1, -0.05) is 23.7 Å². The van der Waals surface area contributed by atoms with Crippen molar-refractivity contribution in [2.75, 3.05) is 0 Å². The lowest BCUT2D eigenvalue weighted by Gasteiger charge is -2.13. The molecule has 0 aliphatic rings. The van der Waals surface area contributed by atoms with Gasteiger partial charge in [-0.3, -0.25) is 0 Å². The topological polar surface area (TPSA) is 26.0 Å². The smallest absolute Gasteiger partial charge is 0.126 e. The monoisotopic (exact) mass is 375 g/mol. The largest absolute Gasteiger partial charge is 0.324 e. The lowest BCUT2D eigenvalue weighted by molar-refractivity contribution is 0.593. The second kappa shape index (κ2) is 5.99. The maximum Gasteiger partial charge on any atom is 0.126 e. The van der Waals surface area contributed by atoms with Crippen LogP contribution >= 0.6 is 34.2 Å². The average molecular weight is 376 g/mol. The Morgan fingerprint density at radius 1 is 1.17 bits per heavy atom. The summed E-state index contributed by atoms with van der Waals surface area (Å²) in [5, 5.41) is 0.529. The molecule has 0 heterocycles. The molecular formula is C14H12ClFIN. The van der Waals surface area contributed by atoms with Crippen LogP contribution in [-0.2, 0) is 6.42 Å². The van der Waals surface area contributed by atoms with Crippen LogP contribution in [0.3, 0.4) is 0 Å². The maximum atomic E-state index is 13.6. The molecular weight excluding hydrogens is 364 g/mol. The Morgan fingerprint density at radius 2 is 1.83 bits per heavy atom. The Morgan fingerprint density at radius 3 is 2.50 bits per heavy atom. The molecule has 4 heteroatoms. The Kier molecular flexibility index (Phi) is 4.59. The zero-order chi connectivity index (χ0) is 13.1. The van der Waals surface area contributed by atoms with E-state index in [1.807, 2.05) is 24.3 Å². The molecule has 94 valence electrons. The second-order valence-electron chi connectivity index (χ2n) is 4.10. The standard InChI is InChI=1S/C14H12ClFIN/c15-11-3-6-13(16)10(7-11)8-14(18)9-1-4-12(17)5-2-9/h1-7,14H,8,18H2. The zero-order valence-corrected chi connectivity index (χ0v) is 12.5. The zero-order valence-electron chi connectivity index (χ0n) is 9.54. The average Bonchev–Trinajstić information content (AvgIpc) is 2.34. The summed E-state index contributed by atoms with van der Waals surface area (Å²) >= 11 is 8.09. The van der Waals surface area contributed by atoms with Crippen molar-refractivity contribution in [1.29, 1.82) is 0 Å². The van der Waals surface area contributed by atoms with Crippen molar-refractivity contribution in [3.8, 4) is 0 Å². The highest BCUT2D eigenvalue weighted by molar-refractivity contribution is 14.1. The predicted molar refractivity (Wildman–Crippen MR) is 81.2 cm³/mol. The maximum absolute atomic E-state index is 13.6. The minimum absolute atomic E-state index is 0.227. The lowest BCUT2D eigenvalue weighted by Crippen LogP contribution is -2.14. The fraction of sp³-hybridized carbons (Fsp3) is 0.143. The van der Waals surface area contributed by atoms with Gasteiger partial charge in [0, 0.05) is 14.6 Å². The van der Waals surface area contributed by atoms with E-state index in [2.05, 4.69) is 22.6 Å². The van der Waals surface area contributed by atoms with Crippen LogP contribution in [0, 0.1) is 9.39 Å². The number of nitrogens with two attached hydrogens (primary N) is 1. The SMILES string of the molecule is NC(Cc1cc(Cl)ccc1F)c1ccc(I)cc1. The number of benzene rings is 2. The Hall–Kier alpha value is -0.650. The molecule has 1 atom stereocenters. The molecule has 2 N–H and O–H groups in total. The summed E-state index contributed by atoms with van der Waals surface area (Å²) in [6.45, 7) is 0. The van der Waals surface area contributed by atoms with Crippen LogP contribution in [0.5, 0.6) is 0 Å². The van der Waals surface area contributed by atoms with Crippen LogP contribution < -0.4 is 5.73 Å². The Balaban J connectivity index is 2.18. The van der Waals surface area contributed by atoms with Crippen molar-refractivity contribution < 1.29 is 4.39 Å². The third-order valence-corrected chi connectivity index (χ3v) is 3.70. The van der Waals surface area contributed by atoms with E-state index in [4.69, 9.17) is 17.3 Å². The first-order chi connectivity index (χ1) is 8.56. The van der Waals surface area contributed by atoms with E-state index in [9.17, 15) is 4.39 Å². The van der Waals surface area contributed by atoms with Gasteiger partial charge in [-0.2, -0.15) is 0 Å².